The normalized spacial score (nSPS) is 15.9. The second-order valence-corrected chi connectivity index (χ2v) is 5.96. The maximum atomic E-state index is 4.51. The first-order chi connectivity index (χ1) is 9.75. The molecule has 3 nitrogen and oxygen atoms in total. The number of aromatic nitrogens is 2. The molecule has 1 fully saturated rings. The number of anilines is 2. The quantitative estimate of drug-likeness (QED) is 0.858. The fourth-order valence-corrected chi connectivity index (χ4v) is 3.12. The van der Waals surface area contributed by atoms with Gasteiger partial charge in [0, 0.05) is 24.1 Å². The van der Waals surface area contributed by atoms with Crippen LogP contribution in [0.4, 0.5) is 11.6 Å². The first kappa shape index (κ1) is 13.2. The molecule has 1 aliphatic rings. The number of rotatable bonds is 4. The minimum absolute atomic E-state index is 0.508. The molecule has 106 valence electrons. The summed E-state index contributed by atoms with van der Waals surface area (Å²) in [5.74, 6) is 1.48. The Hall–Kier alpha value is -1.77. The molecule has 1 aromatic heterocycles. The van der Waals surface area contributed by atoms with Crippen molar-refractivity contribution in [3.05, 3.63) is 42.2 Å². The van der Waals surface area contributed by atoms with Crippen molar-refractivity contribution >= 4 is 11.6 Å². The lowest BCUT2D eigenvalue weighted by Gasteiger charge is -2.18. The highest BCUT2D eigenvalue weighted by atomic mass is 15.2. The van der Waals surface area contributed by atoms with E-state index in [0.717, 1.165) is 5.95 Å². The molecule has 20 heavy (non-hydrogen) atoms. The second-order valence-electron chi connectivity index (χ2n) is 5.96. The number of hydrogen-bond acceptors (Lipinski definition) is 2. The van der Waals surface area contributed by atoms with Crippen molar-refractivity contribution in [2.24, 2.45) is 0 Å². The molecule has 1 aliphatic carbocycles. The SMILES string of the molecule is CC(C)c1ccccc1Nc1nccn1C1CCCC1. The van der Waals surface area contributed by atoms with Crippen molar-refractivity contribution in [2.75, 3.05) is 5.32 Å². The summed E-state index contributed by atoms with van der Waals surface area (Å²) in [6.07, 6.45) is 9.23. The molecule has 3 heteroatoms. The minimum Gasteiger partial charge on any atom is -0.325 e. The molecule has 0 saturated heterocycles. The van der Waals surface area contributed by atoms with Crippen LogP contribution in [0.5, 0.6) is 0 Å². The van der Waals surface area contributed by atoms with Crippen LogP contribution in [-0.4, -0.2) is 9.55 Å². The van der Waals surface area contributed by atoms with E-state index in [1.807, 2.05) is 6.20 Å². The zero-order chi connectivity index (χ0) is 13.9. The van der Waals surface area contributed by atoms with Crippen molar-refractivity contribution in [2.45, 2.75) is 51.5 Å². The number of imidazole rings is 1. The molecule has 0 spiro atoms. The van der Waals surface area contributed by atoms with Gasteiger partial charge < -0.3 is 9.88 Å². The lowest BCUT2D eigenvalue weighted by Crippen LogP contribution is -2.09. The van der Waals surface area contributed by atoms with Crippen LogP contribution in [0.15, 0.2) is 36.7 Å². The van der Waals surface area contributed by atoms with Gasteiger partial charge in [0.05, 0.1) is 0 Å². The van der Waals surface area contributed by atoms with E-state index < -0.39 is 0 Å². The summed E-state index contributed by atoms with van der Waals surface area (Å²) in [6.45, 7) is 4.45. The van der Waals surface area contributed by atoms with Crippen LogP contribution in [-0.2, 0) is 0 Å². The standard InChI is InChI=1S/C17H23N3/c1-13(2)15-9-5-6-10-16(15)19-17-18-11-12-20(17)14-7-3-4-8-14/h5-6,9-14H,3-4,7-8H2,1-2H3,(H,18,19). The van der Waals surface area contributed by atoms with Gasteiger partial charge in [-0.3, -0.25) is 0 Å². The molecule has 2 aromatic rings. The van der Waals surface area contributed by atoms with E-state index in [4.69, 9.17) is 0 Å². The maximum Gasteiger partial charge on any atom is 0.207 e. The van der Waals surface area contributed by atoms with Crippen LogP contribution < -0.4 is 5.32 Å². The maximum absolute atomic E-state index is 4.51. The summed E-state index contributed by atoms with van der Waals surface area (Å²) in [5.41, 5.74) is 2.52. The van der Waals surface area contributed by atoms with Crippen molar-refractivity contribution in [1.29, 1.82) is 0 Å². The Morgan fingerprint density at radius 3 is 2.70 bits per heavy atom. The molecule has 0 amide bonds. The molecule has 0 bridgehead atoms. The van der Waals surface area contributed by atoms with Crippen LogP contribution in [0.25, 0.3) is 0 Å². The fraction of sp³-hybridized carbons (Fsp3) is 0.471. The highest BCUT2D eigenvalue weighted by molar-refractivity contribution is 5.59. The van der Waals surface area contributed by atoms with Gasteiger partial charge >= 0.3 is 0 Å². The highest BCUT2D eigenvalue weighted by Gasteiger charge is 2.19. The van der Waals surface area contributed by atoms with Crippen molar-refractivity contribution in [3.8, 4) is 0 Å². The van der Waals surface area contributed by atoms with Gasteiger partial charge in [0.1, 0.15) is 0 Å². The van der Waals surface area contributed by atoms with Gasteiger partial charge in [0.2, 0.25) is 5.95 Å². The molecule has 0 radical (unpaired) electrons. The van der Waals surface area contributed by atoms with Crippen LogP contribution in [0.2, 0.25) is 0 Å². The molecule has 1 saturated carbocycles. The first-order valence-electron chi connectivity index (χ1n) is 7.64. The first-order valence-corrected chi connectivity index (χ1v) is 7.64. The third kappa shape index (κ3) is 2.58. The highest BCUT2D eigenvalue weighted by Crippen LogP contribution is 2.33. The van der Waals surface area contributed by atoms with Gasteiger partial charge in [0.15, 0.2) is 0 Å². The average molecular weight is 269 g/mol. The van der Waals surface area contributed by atoms with E-state index in [9.17, 15) is 0 Å². The summed E-state index contributed by atoms with van der Waals surface area (Å²) in [7, 11) is 0. The molecule has 3 rings (SSSR count). The van der Waals surface area contributed by atoms with E-state index in [-0.39, 0.29) is 0 Å². The van der Waals surface area contributed by atoms with Gasteiger partial charge in [-0.15, -0.1) is 0 Å². The number of nitrogens with zero attached hydrogens (tertiary/aromatic N) is 2. The Kier molecular flexibility index (Phi) is 3.77. The van der Waals surface area contributed by atoms with Gasteiger partial charge in [-0.25, -0.2) is 4.98 Å². The van der Waals surface area contributed by atoms with Gasteiger partial charge in [-0.1, -0.05) is 44.9 Å². The van der Waals surface area contributed by atoms with E-state index in [1.54, 1.807) is 0 Å². The second kappa shape index (κ2) is 5.70. The largest absolute Gasteiger partial charge is 0.325 e. The number of hydrogen-bond donors (Lipinski definition) is 1. The Bertz CT molecular complexity index is 565. The Balaban J connectivity index is 1.87. The minimum atomic E-state index is 0.508. The summed E-state index contributed by atoms with van der Waals surface area (Å²) in [6, 6.07) is 9.13. The topological polar surface area (TPSA) is 29.9 Å². The third-order valence-electron chi connectivity index (χ3n) is 4.22. The van der Waals surface area contributed by atoms with Gasteiger partial charge in [-0.05, 0) is 30.4 Å². The Labute approximate surface area is 121 Å². The number of para-hydroxylation sites is 1. The third-order valence-corrected chi connectivity index (χ3v) is 4.22. The molecular weight excluding hydrogens is 246 g/mol. The van der Waals surface area contributed by atoms with E-state index in [0.29, 0.717) is 12.0 Å². The van der Waals surface area contributed by atoms with E-state index >= 15 is 0 Å². The van der Waals surface area contributed by atoms with Crippen molar-refractivity contribution in [3.63, 3.8) is 0 Å². The summed E-state index contributed by atoms with van der Waals surface area (Å²) in [4.78, 5) is 4.51. The van der Waals surface area contributed by atoms with E-state index in [2.05, 4.69) is 59.2 Å². The van der Waals surface area contributed by atoms with Crippen LogP contribution in [0.1, 0.15) is 57.1 Å². The van der Waals surface area contributed by atoms with Crippen LogP contribution in [0, 0.1) is 0 Å². The molecule has 1 N–H and O–H groups in total. The summed E-state index contributed by atoms with van der Waals surface area (Å²) >= 11 is 0. The molecule has 0 atom stereocenters. The van der Waals surface area contributed by atoms with Gasteiger partial charge in [0.25, 0.3) is 0 Å². The summed E-state index contributed by atoms with van der Waals surface area (Å²) in [5, 5.41) is 3.53. The monoisotopic (exact) mass is 269 g/mol. The predicted molar refractivity (Wildman–Crippen MR) is 83.5 cm³/mol. The molecule has 0 unspecified atom stereocenters. The lowest BCUT2D eigenvalue weighted by molar-refractivity contribution is 0.525. The zero-order valence-electron chi connectivity index (χ0n) is 12.3. The van der Waals surface area contributed by atoms with Crippen LogP contribution in [0.3, 0.4) is 0 Å². The van der Waals surface area contributed by atoms with Crippen LogP contribution >= 0.6 is 0 Å². The van der Waals surface area contributed by atoms with E-state index in [1.165, 1.54) is 36.9 Å². The Morgan fingerprint density at radius 1 is 1.20 bits per heavy atom. The number of benzene rings is 1. The predicted octanol–water partition coefficient (Wildman–Crippen LogP) is 4.87. The molecule has 0 aliphatic heterocycles. The zero-order valence-corrected chi connectivity index (χ0v) is 12.3. The number of nitrogens with one attached hydrogen (secondary N) is 1. The molecule has 1 heterocycles. The lowest BCUT2D eigenvalue weighted by atomic mass is 10.0. The summed E-state index contributed by atoms with van der Waals surface area (Å²) < 4.78 is 2.31. The fourth-order valence-electron chi connectivity index (χ4n) is 3.12. The smallest absolute Gasteiger partial charge is 0.207 e. The molecule has 1 aromatic carbocycles. The van der Waals surface area contributed by atoms with Crippen molar-refractivity contribution in [1.82, 2.24) is 9.55 Å². The Morgan fingerprint density at radius 2 is 1.95 bits per heavy atom. The molecular formula is C17H23N3. The van der Waals surface area contributed by atoms with Gasteiger partial charge in [-0.2, -0.15) is 0 Å². The van der Waals surface area contributed by atoms with Crippen molar-refractivity contribution < 1.29 is 0 Å². The average Bonchev–Trinajstić information content (AvgIpc) is 3.09.